The van der Waals surface area contributed by atoms with E-state index in [-0.39, 0.29) is 6.61 Å². The summed E-state index contributed by atoms with van der Waals surface area (Å²) >= 11 is 6.29. The van der Waals surface area contributed by atoms with Gasteiger partial charge in [0.2, 0.25) is 0 Å². The molecule has 1 fully saturated rings. The number of hydrogen-bond acceptors (Lipinski definition) is 6. The number of piperidine rings is 1. The summed E-state index contributed by atoms with van der Waals surface area (Å²) in [7, 11) is 1.66. The first kappa shape index (κ1) is 28.3. The summed E-state index contributed by atoms with van der Waals surface area (Å²) in [6, 6.07) is 9.93. The molecule has 4 rings (SSSR count). The van der Waals surface area contributed by atoms with E-state index in [0.717, 1.165) is 83.7 Å². The standard InChI is InChI=1S/C30H40ClN3O4/c1-5-28-32-11-14-34(28)13-7-15-37-27-18-24(8-9-26(27)36-4)19-33-12-6-10-30(35,20-33)21-38-25-16-22(2)29(31)23(3)17-25/h8-9,11,14,16-18,35H,5-7,10,12-13,15,19-21H2,1-4H3/t30-/m0/s1. The third-order valence-corrected chi connectivity index (χ3v) is 7.70. The van der Waals surface area contributed by atoms with E-state index in [9.17, 15) is 5.11 Å². The second-order valence-electron chi connectivity index (χ2n) is 10.3. The van der Waals surface area contributed by atoms with Crippen molar-refractivity contribution in [3.05, 3.63) is 70.3 Å². The molecule has 0 spiro atoms. The molecule has 0 unspecified atom stereocenters. The zero-order valence-corrected chi connectivity index (χ0v) is 23.8. The van der Waals surface area contributed by atoms with Crippen molar-refractivity contribution in [2.24, 2.45) is 0 Å². The lowest BCUT2D eigenvalue weighted by molar-refractivity contribution is -0.0621. The van der Waals surface area contributed by atoms with Crippen molar-refractivity contribution in [3.8, 4) is 17.2 Å². The van der Waals surface area contributed by atoms with Gasteiger partial charge in [0.1, 0.15) is 23.8 Å². The number of rotatable bonds is 12. The van der Waals surface area contributed by atoms with Gasteiger partial charge in [-0.15, -0.1) is 0 Å². The number of hydrogen-bond donors (Lipinski definition) is 1. The van der Waals surface area contributed by atoms with Crippen molar-refractivity contribution in [1.29, 1.82) is 0 Å². The minimum atomic E-state index is -0.907. The van der Waals surface area contributed by atoms with Crippen molar-refractivity contribution in [1.82, 2.24) is 14.5 Å². The highest BCUT2D eigenvalue weighted by Crippen LogP contribution is 2.31. The lowest BCUT2D eigenvalue weighted by atomic mass is 9.93. The van der Waals surface area contributed by atoms with Crippen molar-refractivity contribution in [2.45, 2.75) is 65.1 Å². The summed E-state index contributed by atoms with van der Waals surface area (Å²) in [6.45, 7) is 9.94. The lowest BCUT2D eigenvalue weighted by Gasteiger charge is -2.39. The number of aromatic nitrogens is 2. The number of aliphatic hydroxyl groups is 1. The molecule has 206 valence electrons. The molecule has 1 N–H and O–H groups in total. The van der Waals surface area contributed by atoms with Crippen LogP contribution in [0.5, 0.6) is 17.2 Å². The Hall–Kier alpha value is -2.74. The fraction of sp³-hybridized carbons (Fsp3) is 0.500. The Morgan fingerprint density at radius 2 is 1.89 bits per heavy atom. The Bertz CT molecular complexity index is 1190. The molecule has 1 aliphatic heterocycles. The number of imidazole rings is 1. The Morgan fingerprint density at radius 1 is 1.11 bits per heavy atom. The molecular weight excluding hydrogens is 502 g/mol. The summed E-state index contributed by atoms with van der Waals surface area (Å²) in [5, 5.41) is 12.1. The zero-order valence-electron chi connectivity index (χ0n) is 23.0. The second kappa shape index (κ2) is 12.9. The fourth-order valence-corrected chi connectivity index (χ4v) is 5.24. The highest BCUT2D eigenvalue weighted by atomic mass is 35.5. The van der Waals surface area contributed by atoms with E-state index in [1.165, 1.54) is 0 Å². The van der Waals surface area contributed by atoms with Gasteiger partial charge in [-0.05, 0) is 80.6 Å². The molecule has 2 aromatic carbocycles. The summed E-state index contributed by atoms with van der Waals surface area (Å²) in [6.07, 6.45) is 7.28. The van der Waals surface area contributed by atoms with E-state index in [1.807, 2.05) is 44.4 Å². The summed E-state index contributed by atoms with van der Waals surface area (Å²) < 4.78 is 19.9. The number of ether oxygens (including phenoxy) is 3. The number of nitrogens with zero attached hydrogens (tertiary/aromatic N) is 3. The minimum Gasteiger partial charge on any atom is -0.493 e. The van der Waals surface area contributed by atoms with Crippen LogP contribution in [0.15, 0.2) is 42.7 Å². The summed E-state index contributed by atoms with van der Waals surface area (Å²) in [5.74, 6) is 3.30. The van der Waals surface area contributed by atoms with E-state index in [4.69, 9.17) is 25.8 Å². The molecule has 0 bridgehead atoms. The SMILES string of the molecule is CCc1nccn1CCCOc1cc(CN2CCC[C@@](O)(COc3cc(C)c(Cl)c(C)c3)C2)ccc1OC. The third-order valence-electron chi connectivity index (χ3n) is 7.10. The molecular formula is C30H40ClN3O4. The Labute approximate surface area is 231 Å². The van der Waals surface area contributed by atoms with Gasteiger partial charge in [0.05, 0.1) is 13.7 Å². The maximum absolute atomic E-state index is 11.3. The minimum absolute atomic E-state index is 0.248. The third kappa shape index (κ3) is 7.22. The van der Waals surface area contributed by atoms with Crippen molar-refractivity contribution in [2.75, 3.05) is 33.4 Å². The average Bonchev–Trinajstić information content (AvgIpc) is 3.36. The highest BCUT2D eigenvalue weighted by molar-refractivity contribution is 6.32. The Kier molecular flexibility index (Phi) is 9.58. The highest BCUT2D eigenvalue weighted by Gasteiger charge is 2.34. The van der Waals surface area contributed by atoms with Crippen molar-refractivity contribution >= 4 is 11.6 Å². The Balaban J connectivity index is 1.33. The van der Waals surface area contributed by atoms with Gasteiger partial charge in [-0.2, -0.15) is 0 Å². The normalized spacial score (nSPS) is 17.9. The quantitative estimate of drug-likeness (QED) is 0.301. The van der Waals surface area contributed by atoms with Gasteiger partial charge in [0.25, 0.3) is 0 Å². The van der Waals surface area contributed by atoms with E-state index >= 15 is 0 Å². The van der Waals surface area contributed by atoms with Crippen LogP contribution in [0.3, 0.4) is 0 Å². The lowest BCUT2D eigenvalue weighted by Crippen LogP contribution is -2.51. The maximum Gasteiger partial charge on any atom is 0.161 e. The smallest absolute Gasteiger partial charge is 0.161 e. The van der Waals surface area contributed by atoms with Crippen LogP contribution in [0, 0.1) is 13.8 Å². The van der Waals surface area contributed by atoms with Crippen LogP contribution in [0.1, 0.15) is 48.7 Å². The molecule has 0 radical (unpaired) electrons. The van der Waals surface area contributed by atoms with Gasteiger partial charge in [0, 0.05) is 43.5 Å². The van der Waals surface area contributed by atoms with Crippen LogP contribution in [0.4, 0.5) is 0 Å². The predicted molar refractivity (Wildman–Crippen MR) is 151 cm³/mol. The molecule has 1 atom stereocenters. The zero-order chi connectivity index (χ0) is 27.1. The Morgan fingerprint density at radius 3 is 2.63 bits per heavy atom. The predicted octanol–water partition coefficient (Wildman–Crippen LogP) is 5.60. The van der Waals surface area contributed by atoms with Gasteiger partial charge < -0.3 is 23.9 Å². The number of β-amino-alcohol motifs (C(OH)–C–C–N with tert-alkyl or cyclic N) is 1. The van der Waals surface area contributed by atoms with Crippen LogP contribution in [0.2, 0.25) is 5.02 Å². The monoisotopic (exact) mass is 541 g/mol. The summed E-state index contributed by atoms with van der Waals surface area (Å²) in [5.41, 5.74) is 2.17. The molecule has 1 aromatic heterocycles. The molecule has 8 heteroatoms. The molecule has 1 saturated heterocycles. The van der Waals surface area contributed by atoms with Crippen LogP contribution in [-0.2, 0) is 19.5 Å². The molecule has 38 heavy (non-hydrogen) atoms. The molecule has 2 heterocycles. The van der Waals surface area contributed by atoms with Crippen LogP contribution in [0.25, 0.3) is 0 Å². The van der Waals surface area contributed by atoms with Gasteiger partial charge in [-0.3, -0.25) is 4.90 Å². The average molecular weight is 542 g/mol. The first-order valence-corrected chi connectivity index (χ1v) is 13.8. The van der Waals surface area contributed by atoms with Crippen LogP contribution >= 0.6 is 11.6 Å². The number of benzene rings is 2. The first-order valence-electron chi connectivity index (χ1n) is 13.4. The van der Waals surface area contributed by atoms with E-state index in [0.29, 0.717) is 19.6 Å². The number of aryl methyl sites for hydroxylation is 4. The van der Waals surface area contributed by atoms with E-state index < -0.39 is 5.60 Å². The number of likely N-dealkylation sites (tertiary alicyclic amines) is 1. The van der Waals surface area contributed by atoms with Gasteiger partial charge in [0.15, 0.2) is 11.5 Å². The fourth-order valence-electron chi connectivity index (χ4n) is 5.13. The van der Waals surface area contributed by atoms with Gasteiger partial charge >= 0.3 is 0 Å². The van der Waals surface area contributed by atoms with Gasteiger partial charge in [-0.1, -0.05) is 24.6 Å². The topological polar surface area (TPSA) is 69.0 Å². The molecule has 0 aliphatic carbocycles. The number of methoxy groups -OCH3 is 1. The van der Waals surface area contributed by atoms with E-state index in [1.54, 1.807) is 7.11 Å². The van der Waals surface area contributed by atoms with Crippen LogP contribution in [-0.4, -0.2) is 58.6 Å². The second-order valence-corrected chi connectivity index (χ2v) is 10.7. The molecule has 0 amide bonds. The van der Waals surface area contributed by atoms with E-state index in [2.05, 4.69) is 33.5 Å². The first-order chi connectivity index (χ1) is 18.3. The van der Waals surface area contributed by atoms with Crippen LogP contribution < -0.4 is 14.2 Å². The molecule has 3 aromatic rings. The summed E-state index contributed by atoms with van der Waals surface area (Å²) in [4.78, 5) is 6.66. The molecule has 1 aliphatic rings. The molecule has 0 saturated carbocycles. The van der Waals surface area contributed by atoms with Crippen molar-refractivity contribution in [3.63, 3.8) is 0 Å². The molecule has 7 nitrogen and oxygen atoms in total. The maximum atomic E-state index is 11.3. The van der Waals surface area contributed by atoms with Crippen molar-refractivity contribution < 1.29 is 19.3 Å². The number of halogens is 1. The largest absolute Gasteiger partial charge is 0.493 e. The van der Waals surface area contributed by atoms with Gasteiger partial charge in [-0.25, -0.2) is 4.98 Å².